The van der Waals surface area contributed by atoms with E-state index in [1.54, 1.807) is 0 Å². The number of rotatable bonds is 0. The predicted molar refractivity (Wildman–Crippen MR) is 85.7 cm³/mol. The van der Waals surface area contributed by atoms with Crippen LogP contribution in [0.25, 0.3) is 0 Å². The van der Waals surface area contributed by atoms with Crippen molar-refractivity contribution >= 4 is 0 Å². The van der Waals surface area contributed by atoms with Crippen molar-refractivity contribution in [1.82, 2.24) is 0 Å². The second-order valence-corrected chi connectivity index (χ2v) is 9.41. The van der Waals surface area contributed by atoms with Crippen molar-refractivity contribution in [3.8, 4) is 0 Å². The van der Waals surface area contributed by atoms with E-state index in [9.17, 15) is 5.11 Å². The van der Waals surface area contributed by atoms with Gasteiger partial charge in [-0.3, -0.25) is 0 Å². The molecule has 21 heavy (non-hydrogen) atoms. The molecule has 0 radical (unpaired) electrons. The van der Waals surface area contributed by atoms with Gasteiger partial charge in [-0.15, -0.1) is 0 Å². The van der Waals surface area contributed by atoms with Crippen LogP contribution in [0.3, 0.4) is 0 Å². The second kappa shape index (κ2) is 4.71. The Morgan fingerprint density at radius 3 is 2.62 bits per heavy atom. The molecule has 0 aliphatic heterocycles. The number of hydrogen-bond acceptors (Lipinski definition) is 2. The van der Waals surface area contributed by atoms with Crippen molar-refractivity contribution in [2.45, 2.75) is 83.8 Å². The van der Waals surface area contributed by atoms with Gasteiger partial charge in [0.25, 0.3) is 0 Å². The highest BCUT2D eigenvalue weighted by Gasteiger charge is 2.58. The summed E-state index contributed by atoms with van der Waals surface area (Å²) in [6, 6.07) is 0.0156. The van der Waals surface area contributed by atoms with Crippen molar-refractivity contribution in [1.29, 1.82) is 0 Å². The summed E-state index contributed by atoms with van der Waals surface area (Å²) in [5.41, 5.74) is 7.34. The molecule has 0 bridgehead atoms. The van der Waals surface area contributed by atoms with Gasteiger partial charge in [0.15, 0.2) is 0 Å². The lowest BCUT2D eigenvalue weighted by molar-refractivity contribution is -0.126. The Bertz CT molecular complexity index is 424. The van der Waals surface area contributed by atoms with Gasteiger partial charge in [0.05, 0.1) is 6.10 Å². The van der Waals surface area contributed by atoms with E-state index in [0.29, 0.717) is 10.8 Å². The summed E-state index contributed by atoms with van der Waals surface area (Å²) >= 11 is 0. The molecule has 0 amide bonds. The molecule has 4 saturated carbocycles. The van der Waals surface area contributed by atoms with Crippen molar-refractivity contribution in [3.63, 3.8) is 0 Å². The maximum atomic E-state index is 10.2. The molecule has 4 aliphatic rings. The Balaban J connectivity index is 1.63. The molecule has 3 N–H and O–H groups in total. The minimum absolute atomic E-state index is 0.0156. The van der Waals surface area contributed by atoms with Crippen LogP contribution in [0, 0.1) is 34.5 Å². The quantitative estimate of drug-likeness (QED) is 0.714. The minimum atomic E-state index is -0.250. The zero-order valence-electron chi connectivity index (χ0n) is 13.9. The average molecular weight is 291 g/mol. The third-order valence-electron chi connectivity index (χ3n) is 8.54. The van der Waals surface area contributed by atoms with E-state index >= 15 is 0 Å². The number of aliphatic hydroxyl groups is 1. The molecule has 0 saturated heterocycles. The lowest BCUT2D eigenvalue weighted by Gasteiger charge is -2.61. The van der Waals surface area contributed by atoms with E-state index in [1.807, 2.05) is 0 Å². The number of hydrogen-bond donors (Lipinski definition) is 2. The van der Waals surface area contributed by atoms with E-state index in [-0.39, 0.29) is 12.1 Å². The van der Waals surface area contributed by atoms with Crippen LogP contribution in [0.2, 0.25) is 0 Å². The van der Waals surface area contributed by atoms with E-state index in [2.05, 4.69) is 13.8 Å². The fourth-order valence-electron chi connectivity index (χ4n) is 7.34. The molecule has 0 spiro atoms. The Kier molecular flexibility index (Phi) is 3.25. The van der Waals surface area contributed by atoms with Crippen LogP contribution in [0.5, 0.6) is 0 Å². The van der Waals surface area contributed by atoms with Crippen LogP contribution in [-0.4, -0.2) is 17.3 Å². The summed E-state index contributed by atoms with van der Waals surface area (Å²) in [6.07, 6.45) is 11.8. The summed E-state index contributed by atoms with van der Waals surface area (Å²) < 4.78 is 0. The average Bonchev–Trinajstić information content (AvgIpc) is 2.82. The molecule has 4 rings (SSSR count). The van der Waals surface area contributed by atoms with Crippen LogP contribution in [0.1, 0.15) is 71.6 Å². The van der Waals surface area contributed by atoms with E-state index in [4.69, 9.17) is 5.73 Å². The standard InChI is InChI=1S/C19H33NO/c1-18-8-3-4-14(18)13-6-5-12-10-17(21)16(20)11-19(12,2)15(13)7-9-18/h12-17,21H,3-11,20H2,1-2H3/t12-,13-,14-,15-,16+,17+,18-,19-/m0/s1. The smallest absolute Gasteiger partial charge is 0.0694 e. The first kappa shape index (κ1) is 14.5. The maximum Gasteiger partial charge on any atom is 0.0694 e. The van der Waals surface area contributed by atoms with E-state index < -0.39 is 0 Å². The summed E-state index contributed by atoms with van der Waals surface area (Å²) in [7, 11) is 0. The lowest BCUT2D eigenvalue weighted by Crippen LogP contribution is -2.57. The van der Waals surface area contributed by atoms with Crippen molar-refractivity contribution in [3.05, 3.63) is 0 Å². The van der Waals surface area contributed by atoms with Gasteiger partial charge in [-0.05, 0) is 85.9 Å². The largest absolute Gasteiger partial charge is 0.392 e. The summed E-state index contributed by atoms with van der Waals surface area (Å²) in [5.74, 6) is 3.54. The molecule has 2 heteroatoms. The number of nitrogens with two attached hydrogens (primary N) is 1. The Hall–Kier alpha value is -0.0800. The third kappa shape index (κ3) is 1.97. The highest BCUT2D eigenvalue weighted by molar-refractivity contribution is 5.08. The Labute approximate surface area is 129 Å². The van der Waals surface area contributed by atoms with Crippen LogP contribution in [-0.2, 0) is 0 Å². The van der Waals surface area contributed by atoms with Crippen molar-refractivity contribution < 1.29 is 5.11 Å². The van der Waals surface area contributed by atoms with Gasteiger partial charge >= 0.3 is 0 Å². The summed E-state index contributed by atoms with van der Waals surface area (Å²) in [6.45, 7) is 5.10. The Morgan fingerprint density at radius 2 is 1.81 bits per heavy atom. The number of aliphatic hydroxyl groups excluding tert-OH is 1. The van der Waals surface area contributed by atoms with E-state index in [1.165, 1.54) is 44.9 Å². The molecular formula is C19H33NO. The van der Waals surface area contributed by atoms with Gasteiger partial charge in [-0.25, -0.2) is 0 Å². The number of fused-ring (bicyclic) bond motifs is 5. The molecule has 0 aromatic carbocycles. The highest BCUT2D eigenvalue weighted by Crippen LogP contribution is 2.66. The third-order valence-corrected chi connectivity index (χ3v) is 8.54. The van der Waals surface area contributed by atoms with Crippen LogP contribution in [0.4, 0.5) is 0 Å². The van der Waals surface area contributed by atoms with Gasteiger partial charge in [-0.2, -0.15) is 0 Å². The summed E-state index contributed by atoms with van der Waals surface area (Å²) in [5, 5.41) is 10.2. The van der Waals surface area contributed by atoms with Gasteiger partial charge in [0.2, 0.25) is 0 Å². The normalized spacial score (nSPS) is 60.0. The molecule has 0 heterocycles. The van der Waals surface area contributed by atoms with Gasteiger partial charge in [0, 0.05) is 6.04 Å². The highest BCUT2D eigenvalue weighted by atomic mass is 16.3. The molecule has 0 unspecified atom stereocenters. The molecule has 8 atom stereocenters. The SMILES string of the molecule is C[C@@]12CCC[C@H]1[C@@H]1CC[C@H]3C[C@@H](O)[C@H](N)C[C@]3(C)[C@H]1CC2. The molecule has 0 aromatic heterocycles. The van der Waals surface area contributed by atoms with Crippen LogP contribution < -0.4 is 5.73 Å². The van der Waals surface area contributed by atoms with Crippen LogP contribution >= 0.6 is 0 Å². The minimum Gasteiger partial charge on any atom is -0.392 e. The van der Waals surface area contributed by atoms with E-state index in [0.717, 1.165) is 36.5 Å². The van der Waals surface area contributed by atoms with Gasteiger partial charge in [0.1, 0.15) is 0 Å². The van der Waals surface area contributed by atoms with Crippen molar-refractivity contribution in [2.24, 2.45) is 40.2 Å². The fourth-order valence-corrected chi connectivity index (χ4v) is 7.34. The fraction of sp³-hybridized carbons (Fsp3) is 1.00. The second-order valence-electron chi connectivity index (χ2n) is 9.41. The topological polar surface area (TPSA) is 46.2 Å². The van der Waals surface area contributed by atoms with Gasteiger partial charge in [-0.1, -0.05) is 20.3 Å². The monoisotopic (exact) mass is 291 g/mol. The maximum absolute atomic E-state index is 10.2. The molecule has 4 fully saturated rings. The molecule has 0 aromatic rings. The van der Waals surface area contributed by atoms with Crippen molar-refractivity contribution in [2.75, 3.05) is 0 Å². The zero-order chi connectivity index (χ0) is 14.8. The summed E-state index contributed by atoms with van der Waals surface area (Å²) in [4.78, 5) is 0. The first-order chi connectivity index (χ1) is 9.94. The molecule has 120 valence electrons. The first-order valence-electron chi connectivity index (χ1n) is 9.38. The lowest BCUT2D eigenvalue weighted by atomic mass is 9.45. The van der Waals surface area contributed by atoms with Gasteiger partial charge < -0.3 is 10.8 Å². The molecule has 4 aliphatic carbocycles. The molecular weight excluding hydrogens is 258 g/mol. The predicted octanol–water partition coefficient (Wildman–Crippen LogP) is 3.72. The first-order valence-corrected chi connectivity index (χ1v) is 9.38. The Morgan fingerprint density at radius 1 is 1.00 bits per heavy atom. The molecule has 2 nitrogen and oxygen atoms in total. The zero-order valence-corrected chi connectivity index (χ0v) is 13.9. The van der Waals surface area contributed by atoms with Crippen LogP contribution in [0.15, 0.2) is 0 Å².